The largest absolute Gasteiger partial charge is 0.493 e. The number of esters is 1. The molecular weight excluding hydrogens is 500 g/mol. The van der Waals surface area contributed by atoms with Crippen molar-refractivity contribution in [3.63, 3.8) is 0 Å². The molecule has 0 aromatic heterocycles. The minimum Gasteiger partial charge on any atom is -0.493 e. The molecule has 3 aromatic rings. The van der Waals surface area contributed by atoms with Crippen LogP contribution in [0.2, 0.25) is 0 Å². The van der Waals surface area contributed by atoms with Crippen molar-refractivity contribution in [2.75, 3.05) is 37.5 Å². The van der Waals surface area contributed by atoms with Crippen LogP contribution in [-0.4, -0.2) is 54.3 Å². The lowest BCUT2D eigenvalue weighted by molar-refractivity contribution is -0.122. The number of hydrogen-bond acceptors (Lipinski definition) is 8. The highest BCUT2D eigenvalue weighted by molar-refractivity contribution is 7.92. The van der Waals surface area contributed by atoms with Gasteiger partial charge in [-0.3, -0.25) is 9.10 Å². The number of amides is 1. The van der Waals surface area contributed by atoms with Crippen LogP contribution in [0.15, 0.2) is 66.7 Å². The quantitative estimate of drug-likeness (QED) is 0.444. The zero-order valence-corrected chi connectivity index (χ0v) is 21.3. The second-order valence-corrected chi connectivity index (χ2v) is 9.97. The second kappa shape index (κ2) is 10.8. The number of benzene rings is 3. The van der Waals surface area contributed by atoms with Crippen LogP contribution in [-0.2, 0) is 25.3 Å². The fourth-order valence-corrected chi connectivity index (χ4v) is 5.52. The summed E-state index contributed by atoms with van der Waals surface area (Å²) in [6.45, 7) is -0.265. The lowest BCUT2D eigenvalue weighted by Gasteiger charge is -2.34. The molecule has 0 spiro atoms. The van der Waals surface area contributed by atoms with Gasteiger partial charge in [0.25, 0.3) is 5.91 Å². The van der Waals surface area contributed by atoms with E-state index in [1.165, 1.54) is 37.8 Å². The topological polar surface area (TPSA) is 120 Å². The average Bonchev–Trinajstić information content (AvgIpc) is 2.91. The number of sulfonamides is 1. The predicted octanol–water partition coefficient (Wildman–Crippen LogP) is 3.23. The van der Waals surface area contributed by atoms with Crippen LogP contribution in [0.25, 0.3) is 0 Å². The monoisotopic (exact) mass is 526 g/mol. The molecule has 0 saturated carbocycles. The van der Waals surface area contributed by atoms with Crippen molar-refractivity contribution >= 4 is 33.3 Å². The molecule has 0 fully saturated rings. The molecular formula is C26H26N2O8S. The summed E-state index contributed by atoms with van der Waals surface area (Å²) >= 11 is 0. The normalized spacial score (nSPS) is 14.7. The van der Waals surface area contributed by atoms with Crippen molar-refractivity contribution in [2.24, 2.45) is 0 Å². The molecule has 0 unspecified atom stereocenters. The van der Waals surface area contributed by atoms with Crippen molar-refractivity contribution in [3.8, 4) is 17.2 Å². The molecule has 11 heteroatoms. The van der Waals surface area contributed by atoms with Gasteiger partial charge in [0.1, 0.15) is 5.75 Å². The molecule has 37 heavy (non-hydrogen) atoms. The number of fused-ring (bicyclic) bond motifs is 1. The van der Waals surface area contributed by atoms with Crippen LogP contribution in [0.5, 0.6) is 17.2 Å². The van der Waals surface area contributed by atoms with Gasteiger partial charge in [-0.25, -0.2) is 13.2 Å². The first kappa shape index (κ1) is 25.8. The zero-order chi connectivity index (χ0) is 26.6. The Hall–Kier alpha value is -4.25. The third-order valence-electron chi connectivity index (χ3n) is 5.74. The molecule has 1 amide bonds. The molecule has 194 valence electrons. The number of carbonyl (C=O) groups excluding carboxylic acids is 2. The van der Waals surface area contributed by atoms with E-state index in [9.17, 15) is 18.0 Å². The van der Waals surface area contributed by atoms with Gasteiger partial charge in [-0.05, 0) is 17.7 Å². The summed E-state index contributed by atoms with van der Waals surface area (Å²) in [6, 6.07) is 18.2. The number of rotatable bonds is 8. The Bertz CT molecular complexity index is 1410. The Morgan fingerprint density at radius 3 is 2.30 bits per heavy atom. The van der Waals surface area contributed by atoms with Crippen molar-refractivity contribution in [3.05, 3.63) is 77.9 Å². The van der Waals surface area contributed by atoms with Gasteiger partial charge in [0.05, 0.1) is 50.6 Å². The average molecular weight is 527 g/mol. The highest BCUT2D eigenvalue weighted by Gasteiger charge is 2.37. The Labute approximate surface area is 214 Å². The molecule has 1 atom stereocenters. The third kappa shape index (κ3) is 5.46. The molecule has 0 aliphatic carbocycles. The summed E-state index contributed by atoms with van der Waals surface area (Å²) in [5.74, 6) is -0.844. The molecule has 1 heterocycles. The van der Waals surface area contributed by atoms with E-state index in [0.717, 1.165) is 0 Å². The van der Waals surface area contributed by atoms with Gasteiger partial charge < -0.3 is 24.3 Å². The SMILES string of the molecule is COC(=O)c1cc(OC)c(OC)cc1NC(=O)[C@@H]1CN(S(=O)(=O)Cc2ccccc2)c2ccccc2O1. The van der Waals surface area contributed by atoms with Crippen LogP contribution >= 0.6 is 0 Å². The molecule has 0 saturated heterocycles. The van der Waals surface area contributed by atoms with Gasteiger partial charge >= 0.3 is 5.97 Å². The number of ether oxygens (including phenoxy) is 4. The lowest BCUT2D eigenvalue weighted by atomic mass is 10.1. The minimum absolute atomic E-state index is 0.0262. The Morgan fingerprint density at radius 2 is 1.62 bits per heavy atom. The Morgan fingerprint density at radius 1 is 0.973 bits per heavy atom. The maximum Gasteiger partial charge on any atom is 0.340 e. The van der Waals surface area contributed by atoms with E-state index >= 15 is 0 Å². The first-order valence-electron chi connectivity index (χ1n) is 11.2. The van der Waals surface area contributed by atoms with E-state index < -0.39 is 28.0 Å². The van der Waals surface area contributed by atoms with Crippen molar-refractivity contribution in [2.45, 2.75) is 11.9 Å². The van der Waals surface area contributed by atoms with Crippen LogP contribution in [0.1, 0.15) is 15.9 Å². The van der Waals surface area contributed by atoms with E-state index in [2.05, 4.69) is 5.32 Å². The fraction of sp³-hybridized carbons (Fsp3) is 0.231. The fourth-order valence-electron chi connectivity index (χ4n) is 3.94. The Balaban J connectivity index is 1.65. The summed E-state index contributed by atoms with van der Waals surface area (Å²) in [6.07, 6.45) is -1.21. The van der Waals surface area contributed by atoms with Crippen molar-refractivity contribution in [1.82, 2.24) is 0 Å². The summed E-state index contributed by atoms with van der Waals surface area (Å²) in [5.41, 5.74) is 1.07. The number of anilines is 2. The molecule has 0 radical (unpaired) electrons. The van der Waals surface area contributed by atoms with E-state index in [-0.39, 0.29) is 40.8 Å². The number of nitrogens with zero attached hydrogens (tertiary/aromatic N) is 1. The van der Waals surface area contributed by atoms with Gasteiger partial charge in [-0.2, -0.15) is 0 Å². The standard InChI is InChI=1S/C26H26N2O8S/c1-33-22-13-18(26(30)35-3)19(14-23(22)34-2)27-25(29)24-15-28(20-11-7-8-12-21(20)36-24)37(31,32)16-17-9-5-4-6-10-17/h4-14,24H,15-16H2,1-3H3,(H,27,29)/t24-/m0/s1. The van der Waals surface area contributed by atoms with Gasteiger partial charge in [0, 0.05) is 12.1 Å². The van der Waals surface area contributed by atoms with Gasteiger partial charge in [-0.15, -0.1) is 0 Å². The maximum absolute atomic E-state index is 13.4. The minimum atomic E-state index is -3.87. The van der Waals surface area contributed by atoms with Gasteiger partial charge in [0.15, 0.2) is 17.6 Å². The molecule has 10 nitrogen and oxygen atoms in total. The van der Waals surface area contributed by atoms with E-state index in [1.807, 2.05) is 0 Å². The van der Waals surface area contributed by atoms with E-state index in [4.69, 9.17) is 18.9 Å². The smallest absolute Gasteiger partial charge is 0.340 e. The number of carbonyl (C=O) groups is 2. The van der Waals surface area contributed by atoms with Crippen LogP contribution in [0, 0.1) is 0 Å². The first-order valence-corrected chi connectivity index (χ1v) is 12.8. The summed E-state index contributed by atoms with van der Waals surface area (Å²) < 4.78 is 49.3. The molecule has 0 bridgehead atoms. The van der Waals surface area contributed by atoms with Crippen LogP contribution in [0.3, 0.4) is 0 Å². The van der Waals surface area contributed by atoms with Crippen LogP contribution in [0.4, 0.5) is 11.4 Å². The number of hydrogen-bond donors (Lipinski definition) is 1. The number of para-hydroxylation sites is 2. The Kier molecular flexibility index (Phi) is 7.53. The lowest BCUT2D eigenvalue weighted by Crippen LogP contribution is -2.49. The molecule has 1 aliphatic heterocycles. The highest BCUT2D eigenvalue weighted by Crippen LogP contribution is 2.37. The molecule has 1 aliphatic rings. The van der Waals surface area contributed by atoms with Crippen molar-refractivity contribution in [1.29, 1.82) is 0 Å². The maximum atomic E-state index is 13.4. The summed E-state index contributed by atoms with van der Waals surface area (Å²) in [4.78, 5) is 25.7. The molecule has 1 N–H and O–H groups in total. The molecule has 4 rings (SSSR count). The predicted molar refractivity (Wildman–Crippen MR) is 137 cm³/mol. The third-order valence-corrected chi connectivity index (χ3v) is 7.46. The number of nitrogens with one attached hydrogen (secondary N) is 1. The van der Waals surface area contributed by atoms with Crippen molar-refractivity contribution < 1.29 is 37.0 Å². The summed E-state index contributed by atoms with van der Waals surface area (Å²) in [5, 5.41) is 2.65. The van der Waals surface area contributed by atoms with Gasteiger partial charge in [-0.1, -0.05) is 42.5 Å². The molecule has 3 aromatic carbocycles. The zero-order valence-electron chi connectivity index (χ0n) is 20.5. The highest BCUT2D eigenvalue weighted by atomic mass is 32.2. The number of methoxy groups -OCH3 is 3. The van der Waals surface area contributed by atoms with Crippen LogP contribution < -0.4 is 23.8 Å². The first-order chi connectivity index (χ1) is 17.8. The van der Waals surface area contributed by atoms with E-state index in [0.29, 0.717) is 11.3 Å². The second-order valence-electron chi connectivity index (χ2n) is 8.08. The summed E-state index contributed by atoms with van der Waals surface area (Å²) in [7, 11) is 0.164. The van der Waals surface area contributed by atoms with E-state index in [1.54, 1.807) is 54.6 Å². The van der Waals surface area contributed by atoms with Gasteiger partial charge in [0.2, 0.25) is 10.0 Å².